The minimum atomic E-state index is 0.208. The molecule has 9 nitrogen and oxygen atoms in total. The Labute approximate surface area is 173 Å². The third-order valence-electron chi connectivity index (χ3n) is 6.08. The average molecular weight is 402 g/mol. The second-order valence-electron chi connectivity index (χ2n) is 7.90. The van der Waals surface area contributed by atoms with Gasteiger partial charge in [0.25, 0.3) is 0 Å². The van der Waals surface area contributed by atoms with E-state index in [1.807, 2.05) is 24.4 Å². The van der Waals surface area contributed by atoms with Gasteiger partial charge in [0.1, 0.15) is 5.75 Å². The van der Waals surface area contributed by atoms with E-state index in [0.717, 1.165) is 62.4 Å². The van der Waals surface area contributed by atoms with Crippen molar-refractivity contribution in [3.05, 3.63) is 47.8 Å². The standard InChI is InChI=1S/C21H22N8O/c30-19-4-2-1-3-15(19)16-7-18-20(27-26-16)23-10-14-12-28(5-6-29(14)18)21-24-9-13-8-22-11-17(13)25-21/h1-4,7,9,14,22,30H,5-6,8,10-12H2,(H,23,27)/t14-/m0/s1. The van der Waals surface area contributed by atoms with E-state index in [0.29, 0.717) is 11.3 Å². The van der Waals surface area contributed by atoms with Crippen molar-refractivity contribution in [2.24, 2.45) is 0 Å². The minimum Gasteiger partial charge on any atom is -0.507 e. The van der Waals surface area contributed by atoms with Crippen molar-refractivity contribution < 1.29 is 5.11 Å². The topological polar surface area (TPSA) is 102 Å². The largest absolute Gasteiger partial charge is 0.507 e. The summed E-state index contributed by atoms with van der Waals surface area (Å²) < 4.78 is 0. The third-order valence-corrected chi connectivity index (χ3v) is 6.08. The van der Waals surface area contributed by atoms with E-state index in [9.17, 15) is 5.11 Å². The number of benzene rings is 1. The van der Waals surface area contributed by atoms with Crippen molar-refractivity contribution in [2.75, 3.05) is 41.3 Å². The molecule has 6 rings (SSSR count). The van der Waals surface area contributed by atoms with Gasteiger partial charge in [0.2, 0.25) is 5.95 Å². The monoisotopic (exact) mass is 402 g/mol. The lowest BCUT2D eigenvalue weighted by Crippen LogP contribution is -2.58. The van der Waals surface area contributed by atoms with Crippen LogP contribution in [-0.2, 0) is 13.1 Å². The highest BCUT2D eigenvalue weighted by atomic mass is 16.3. The fraction of sp³-hybridized carbons (Fsp3) is 0.333. The molecular formula is C21H22N8O. The zero-order valence-corrected chi connectivity index (χ0v) is 16.4. The number of aromatic hydroxyl groups is 1. The van der Waals surface area contributed by atoms with Gasteiger partial charge in [-0.2, -0.15) is 0 Å². The van der Waals surface area contributed by atoms with Gasteiger partial charge in [0.05, 0.1) is 23.1 Å². The zero-order chi connectivity index (χ0) is 20.1. The van der Waals surface area contributed by atoms with Crippen LogP contribution < -0.4 is 20.4 Å². The van der Waals surface area contributed by atoms with E-state index >= 15 is 0 Å². The Hall–Kier alpha value is -3.46. The van der Waals surface area contributed by atoms with E-state index in [1.54, 1.807) is 12.1 Å². The first-order valence-corrected chi connectivity index (χ1v) is 10.2. The van der Waals surface area contributed by atoms with Crippen molar-refractivity contribution in [2.45, 2.75) is 19.1 Å². The van der Waals surface area contributed by atoms with Gasteiger partial charge in [0, 0.05) is 56.6 Å². The summed E-state index contributed by atoms with van der Waals surface area (Å²) in [5, 5.41) is 25.7. The average Bonchev–Trinajstić information content (AvgIpc) is 3.26. The highest BCUT2D eigenvalue weighted by Gasteiger charge is 2.34. The van der Waals surface area contributed by atoms with E-state index in [1.165, 1.54) is 5.56 Å². The summed E-state index contributed by atoms with van der Waals surface area (Å²) in [5.74, 6) is 1.81. The van der Waals surface area contributed by atoms with Crippen LogP contribution in [-0.4, -0.2) is 57.5 Å². The van der Waals surface area contributed by atoms with Crippen LogP contribution in [0.3, 0.4) is 0 Å². The Kier molecular flexibility index (Phi) is 3.95. The molecule has 0 saturated carbocycles. The predicted octanol–water partition coefficient (Wildman–Crippen LogP) is 1.36. The first-order valence-electron chi connectivity index (χ1n) is 10.2. The number of rotatable bonds is 2. The molecule has 0 spiro atoms. The lowest BCUT2D eigenvalue weighted by Gasteiger charge is -2.45. The highest BCUT2D eigenvalue weighted by molar-refractivity contribution is 5.76. The normalized spacial score (nSPS) is 19.7. The predicted molar refractivity (Wildman–Crippen MR) is 114 cm³/mol. The Morgan fingerprint density at radius 2 is 2.03 bits per heavy atom. The number of nitrogens with one attached hydrogen (secondary N) is 2. The summed E-state index contributed by atoms with van der Waals surface area (Å²) in [5.41, 5.74) is 4.69. The van der Waals surface area contributed by atoms with Gasteiger partial charge < -0.3 is 25.5 Å². The number of hydrogen-bond donors (Lipinski definition) is 3. The van der Waals surface area contributed by atoms with Gasteiger partial charge in [0.15, 0.2) is 5.82 Å². The molecule has 0 amide bonds. The molecule has 2 aromatic heterocycles. The summed E-state index contributed by atoms with van der Waals surface area (Å²) in [7, 11) is 0. The Bertz CT molecular complexity index is 1120. The Balaban J connectivity index is 1.28. The Morgan fingerprint density at radius 3 is 2.97 bits per heavy atom. The maximum absolute atomic E-state index is 10.2. The lowest BCUT2D eigenvalue weighted by molar-refractivity contribution is 0.477. The smallest absolute Gasteiger partial charge is 0.225 e. The molecule has 3 N–H and O–H groups in total. The van der Waals surface area contributed by atoms with E-state index in [2.05, 4.69) is 35.6 Å². The maximum atomic E-state index is 10.2. The van der Waals surface area contributed by atoms with Crippen LogP contribution in [0.2, 0.25) is 0 Å². The van der Waals surface area contributed by atoms with Crippen LogP contribution in [0.15, 0.2) is 36.5 Å². The molecule has 0 unspecified atom stereocenters. The van der Waals surface area contributed by atoms with Crippen molar-refractivity contribution >= 4 is 17.5 Å². The molecule has 30 heavy (non-hydrogen) atoms. The van der Waals surface area contributed by atoms with Crippen molar-refractivity contribution in [1.29, 1.82) is 0 Å². The number of fused-ring (bicyclic) bond motifs is 4. The number of phenolic OH excluding ortho intramolecular Hbond substituents is 1. The van der Waals surface area contributed by atoms with E-state index < -0.39 is 0 Å². The summed E-state index contributed by atoms with van der Waals surface area (Å²) in [4.78, 5) is 14.0. The quantitative estimate of drug-likeness (QED) is 0.586. The molecule has 0 bridgehead atoms. The van der Waals surface area contributed by atoms with E-state index in [4.69, 9.17) is 4.98 Å². The van der Waals surface area contributed by atoms with Gasteiger partial charge in [-0.3, -0.25) is 0 Å². The van der Waals surface area contributed by atoms with Crippen molar-refractivity contribution in [3.63, 3.8) is 0 Å². The molecule has 3 aliphatic rings. The van der Waals surface area contributed by atoms with Crippen molar-refractivity contribution in [3.8, 4) is 17.0 Å². The molecule has 1 atom stereocenters. The third kappa shape index (κ3) is 2.81. The summed E-state index contributed by atoms with van der Waals surface area (Å²) in [6.45, 7) is 5.00. The number of anilines is 3. The first kappa shape index (κ1) is 17.4. The molecule has 0 aliphatic carbocycles. The van der Waals surface area contributed by atoms with Crippen LogP contribution >= 0.6 is 0 Å². The number of piperazine rings is 1. The molecule has 5 heterocycles. The second-order valence-corrected chi connectivity index (χ2v) is 7.90. The number of nitrogens with zero attached hydrogens (tertiary/aromatic N) is 6. The molecule has 1 fully saturated rings. The highest BCUT2D eigenvalue weighted by Crippen LogP contribution is 2.36. The maximum Gasteiger partial charge on any atom is 0.225 e. The summed E-state index contributed by atoms with van der Waals surface area (Å²) in [6.07, 6.45) is 1.95. The van der Waals surface area contributed by atoms with Crippen LogP contribution in [0.1, 0.15) is 11.3 Å². The molecule has 1 saturated heterocycles. The number of phenols is 1. The lowest BCUT2D eigenvalue weighted by atomic mass is 10.1. The van der Waals surface area contributed by atoms with Crippen molar-refractivity contribution in [1.82, 2.24) is 25.5 Å². The Morgan fingerprint density at radius 1 is 1.10 bits per heavy atom. The molecule has 152 valence electrons. The SMILES string of the molecule is Oc1ccccc1-c1cc2c(nn1)NC[C@H]1CN(c3ncc4c(n3)CNC4)CCN21. The number of para-hydroxylation sites is 1. The second kappa shape index (κ2) is 6.81. The summed E-state index contributed by atoms with van der Waals surface area (Å²) in [6, 6.07) is 9.52. The van der Waals surface area contributed by atoms with Gasteiger partial charge in [-0.05, 0) is 18.2 Å². The molecule has 0 radical (unpaired) electrons. The number of aromatic nitrogens is 4. The van der Waals surface area contributed by atoms with Gasteiger partial charge in [-0.15, -0.1) is 10.2 Å². The van der Waals surface area contributed by atoms with E-state index in [-0.39, 0.29) is 11.8 Å². The molecule has 3 aliphatic heterocycles. The van der Waals surface area contributed by atoms with Crippen LogP contribution in [0.4, 0.5) is 17.5 Å². The van der Waals surface area contributed by atoms with Crippen LogP contribution in [0, 0.1) is 0 Å². The summed E-state index contributed by atoms with van der Waals surface area (Å²) >= 11 is 0. The molecule has 3 aromatic rings. The fourth-order valence-electron chi connectivity index (χ4n) is 4.49. The van der Waals surface area contributed by atoms with Gasteiger partial charge in [-0.25, -0.2) is 9.97 Å². The van der Waals surface area contributed by atoms with Gasteiger partial charge in [-0.1, -0.05) is 12.1 Å². The van der Waals surface area contributed by atoms with Crippen LogP contribution in [0.25, 0.3) is 11.3 Å². The molecular weight excluding hydrogens is 380 g/mol. The van der Waals surface area contributed by atoms with Gasteiger partial charge >= 0.3 is 0 Å². The fourth-order valence-corrected chi connectivity index (χ4v) is 4.49. The first-order chi connectivity index (χ1) is 14.8. The number of hydrogen-bond acceptors (Lipinski definition) is 9. The van der Waals surface area contributed by atoms with Crippen LogP contribution in [0.5, 0.6) is 5.75 Å². The molecule has 1 aromatic carbocycles. The molecule has 9 heteroatoms. The minimum absolute atomic E-state index is 0.208. The zero-order valence-electron chi connectivity index (χ0n) is 16.4.